The molecule has 2 rings (SSSR count). The number of aryl methyl sites for hydroxylation is 2. The van der Waals surface area contributed by atoms with Crippen LogP contribution in [0.5, 0.6) is 0 Å². The zero-order valence-corrected chi connectivity index (χ0v) is 12.6. The molecule has 5 heteroatoms. The van der Waals surface area contributed by atoms with Gasteiger partial charge in [0, 0.05) is 13.1 Å². The molecule has 2 N–H and O–H groups in total. The van der Waals surface area contributed by atoms with Crippen LogP contribution in [0.4, 0.5) is 0 Å². The lowest BCUT2D eigenvalue weighted by Gasteiger charge is -2.18. The number of hydrogen-bond acceptors (Lipinski definition) is 3. The Labute approximate surface area is 124 Å². The van der Waals surface area contributed by atoms with Crippen LogP contribution in [0.15, 0.2) is 36.4 Å². The summed E-state index contributed by atoms with van der Waals surface area (Å²) >= 11 is 0. The molecular formula is C16H21N3O2. The summed E-state index contributed by atoms with van der Waals surface area (Å²) in [5.41, 5.74) is 2.18. The molecule has 1 aromatic heterocycles. The van der Waals surface area contributed by atoms with Gasteiger partial charge in [-0.2, -0.15) is 5.10 Å². The molecule has 1 amide bonds. The van der Waals surface area contributed by atoms with Crippen LogP contribution >= 0.6 is 0 Å². The van der Waals surface area contributed by atoms with Gasteiger partial charge in [0.1, 0.15) is 5.69 Å². The van der Waals surface area contributed by atoms with Gasteiger partial charge in [-0.1, -0.05) is 30.3 Å². The number of aliphatic hydroxyl groups is 1. The first-order valence-corrected chi connectivity index (χ1v) is 7.02. The minimum atomic E-state index is -0.588. The summed E-state index contributed by atoms with van der Waals surface area (Å²) in [4.78, 5) is 12.2. The molecule has 21 heavy (non-hydrogen) atoms. The van der Waals surface area contributed by atoms with Crippen molar-refractivity contribution in [2.45, 2.75) is 32.4 Å². The molecule has 0 bridgehead atoms. The Bertz CT molecular complexity index is 607. The third-order valence-electron chi connectivity index (χ3n) is 3.37. The Kier molecular flexibility index (Phi) is 4.75. The van der Waals surface area contributed by atoms with Gasteiger partial charge >= 0.3 is 0 Å². The van der Waals surface area contributed by atoms with E-state index in [9.17, 15) is 9.90 Å². The van der Waals surface area contributed by atoms with Crippen LogP contribution in [0.1, 0.15) is 41.2 Å². The number of amides is 1. The number of hydrogen-bond donors (Lipinski definition) is 2. The summed E-state index contributed by atoms with van der Waals surface area (Å²) in [6.45, 7) is 3.73. The highest BCUT2D eigenvalue weighted by Gasteiger charge is 2.17. The molecule has 0 aliphatic carbocycles. The van der Waals surface area contributed by atoms with Crippen molar-refractivity contribution in [2.75, 3.05) is 0 Å². The van der Waals surface area contributed by atoms with Crippen LogP contribution in [0.25, 0.3) is 0 Å². The number of carbonyl (C=O) groups is 1. The Morgan fingerprint density at radius 3 is 2.62 bits per heavy atom. The van der Waals surface area contributed by atoms with Crippen molar-refractivity contribution in [3.63, 3.8) is 0 Å². The van der Waals surface area contributed by atoms with Gasteiger partial charge in [0.2, 0.25) is 0 Å². The lowest BCUT2D eigenvalue weighted by Crippen LogP contribution is -2.34. The molecule has 2 aromatic rings. The fraction of sp³-hybridized carbons (Fsp3) is 0.375. The average molecular weight is 287 g/mol. The second-order valence-corrected chi connectivity index (χ2v) is 5.33. The quantitative estimate of drug-likeness (QED) is 0.883. The molecule has 112 valence electrons. The molecule has 2 atom stereocenters. The third kappa shape index (κ3) is 3.92. The monoisotopic (exact) mass is 287 g/mol. The number of aromatic nitrogens is 2. The number of benzene rings is 1. The summed E-state index contributed by atoms with van der Waals surface area (Å²) in [6, 6.07) is 11.1. The van der Waals surface area contributed by atoms with E-state index < -0.39 is 6.10 Å². The van der Waals surface area contributed by atoms with Gasteiger partial charge < -0.3 is 10.4 Å². The summed E-state index contributed by atoms with van der Waals surface area (Å²) in [7, 11) is 1.74. The van der Waals surface area contributed by atoms with E-state index in [1.807, 2.05) is 44.2 Å². The van der Waals surface area contributed by atoms with Crippen molar-refractivity contribution in [2.24, 2.45) is 7.05 Å². The van der Waals surface area contributed by atoms with Gasteiger partial charge in [-0.3, -0.25) is 9.48 Å². The molecule has 0 saturated heterocycles. The Morgan fingerprint density at radius 2 is 2.05 bits per heavy atom. The van der Waals surface area contributed by atoms with Crippen molar-refractivity contribution < 1.29 is 9.90 Å². The third-order valence-corrected chi connectivity index (χ3v) is 3.37. The molecule has 0 aliphatic heterocycles. The minimum Gasteiger partial charge on any atom is -0.388 e. The maximum atomic E-state index is 12.2. The molecule has 0 fully saturated rings. The number of nitrogens with zero attached hydrogens (tertiary/aromatic N) is 2. The van der Waals surface area contributed by atoms with Gasteiger partial charge in [-0.05, 0) is 31.9 Å². The smallest absolute Gasteiger partial charge is 0.269 e. The largest absolute Gasteiger partial charge is 0.388 e. The van der Waals surface area contributed by atoms with E-state index in [-0.39, 0.29) is 11.9 Å². The summed E-state index contributed by atoms with van der Waals surface area (Å²) in [6.07, 6.45) is -0.123. The molecule has 5 nitrogen and oxygen atoms in total. The van der Waals surface area contributed by atoms with Gasteiger partial charge in [0.15, 0.2) is 0 Å². The van der Waals surface area contributed by atoms with Crippen LogP contribution in [0.2, 0.25) is 0 Å². The van der Waals surface area contributed by atoms with E-state index in [2.05, 4.69) is 10.4 Å². The van der Waals surface area contributed by atoms with Crippen LogP contribution in [-0.2, 0) is 7.05 Å². The molecule has 0 unspecified atom stereocenters. The maximum absolute atomic E-state index is 12.2. The van der Waals surface area contributed by atoms with E-state index in [4.69, 9.17) is 0 Å². The summed E-state index contributed by atoms with van der Waals surface area (Å²) in [5.74, 6) is -0.175. The standard InChI is InChI=1S/C16H21N3O2/c1-11(10-15(20)13-7-5-4-6-8-13)17-16(21)14-9-12(2)18-19(14)3/h4-9,11,15,20H,10H2,1-3H3,(H,17,21)/t11-,15-/m0/s1. The van der Waals surface area contributed by atoms with Gasteiger partial charge in [-0.25, -0.2) is 0 Å². The van der Waals surface area contributed by atoms with Gasteiger partial charge in [0.05, 0.1) is 11.8 Å². The van der Waals surface area contributed by atoms with Crippen molar-refractivity contribution in [3.8, 4) is 0 Å². The van der Waals surface area contributed by atoms with Gasteiger partial charge in [-0.15, -0.1) is 0 Å². The lowest BCUT2D eigenvalue weighted by atomic mass is 10.0. The topological polar surface area (TPSA) is 67.2 Å². The zero-order chi connectivity index (χ0) is 15.4. The Morgan fingerprint density at radius 1 is 1.38 bits per heavy atom. The molecular weight excluding hydrogens is 266 g/mol. The van der Waals surface area contributed by atoms with Crippen molar-refractivity contribution in [3.05, 3.63) is 53.3 Å². The molecule has 0 saturated carbocycles. The van der Waals surface area contributed by atoms with E-state index in [0.717, 1.165) is 11.3 Å². The van der Waals surface area contributed by atoms with E-state index >= 15 is 0 Å². The SMILES string of the molecule is Cc1cc(C(=O)N[C@@H](C)C[C@H](O)c2ccccc2)n(C)n1. The fourth-order valence-electron chi connectivity index (χ4n) is 2.33. The van der Waals surface area contributed by atoms with E-state index in [1.165, 1.54) is 0 Å². The van der Waals surface area contributed by atoms with Crippen LogP contribution in [0.3, 0.4) is 0 Å². The van der Waals surface area contributed by atoms with Crippen LogP contribution in [0, 0.1) is 6.92 Å². The van der Waals surface area contributed by atoms with Gasteiger partial charge in [0.25, 0.3) is 5.91 Å². The predicted octanol–water partition coefficient (Wildman–Crippen LogP) is 1.97. The highest BCUT2D eigenvalue weighted by atomic mass is 16.3. The van der Waals surface area contributed by atoms with Crippen LogP contribution in [-0.4, -0.2) is 26.8 Å². The highest BCUT2D eigenvalue weighted by Crippen LogP contribution is 2.17. The van der Waals surface area contributed by atoms with Crippen molar-refractivity contribution in [1.82, 2.24) is 15.1 Å². The fourth-order valence-corrected chi connectivity index (χ4v) is 2.33. The normalized spacial score (nSPS) is 13.7. The molecule has 1 aromatic carbocycles. The van der Waals surface area contributed by atoms with Crippen LogP contribution < -0.4 is 5.32 Å². The summed E-state index contributed by atoms with van der Waals surface area (Å²) < 4.78 is 1.56. The first-order valence-electron chi connectivity index (χ1n) is 7.02. The number of nitrogens with one attached hydrogen (secondary N) is 1. The second-order valence-electron chi connectivity index (χ2n) is 5.33. The van der Waals surface area contributed by atoms with Crippen molar-refractivity contribution >= 4 is 5.91 Å². The van der Waals surface area contributed by atoms with E-state index in [1.54, 1.807) is 17.8 Å². The Balaban J connectivity index is 1.94. The molecule has 0 radical (unpaired) electrons. The number of rotatable bonds is 5. The Hall–Kier alpha value is -2.14. The zero-order valence-electron chi connectivity index (χ0n) is 12.6. The first kappa shape index (κ1) is 15.3. The molecule has 1 heterocycles. The minimum absolute atomic E-state index is 0.136. The molecule has 0 spiro atoms. The maximum Gasteiger partial charge on any atom is 0.269 e. The van der Waals surface area contributed by atoms with Crippen molar-refractivity contribution in [1.29, 1.82) is 0 Å². The number of carbonyl (C=O) groups excluding carboxylic acids is 1. The highest BCUT2D eigenvalue weighted by molar-refractivity contribution is 5.92. The first-order chi connectivity index (χ1) is 9.97. The predicted molar refractivity (Wildman–Crippen MR) is 80.9 cm³/mol. The molecule has 0 aliphatic rings. The summed E-state index contributed by atoms with van der Waals surface area (Å²) in [5, 5.41) is 17.2. The lowest BCUT2D eigenvalue weighted by molar-refractivity contribution is 0.0907. The van der Waals surface area contributed by atoms with E-state index in [0.29, 0.717) is 12.1 Å². The number of aliphatic hydroxyl groups excluding tert-OH is 1. The average Bonchev–Trinajstić information content (AvgIpc) is 2.78. The second kappa shape index (κ2) is 6.54.